The lowest BCUT2D eigenvalue weighted by Gasteiger charge is -2.39. The third-order valence-corrected chi connectivity index (χ3v) is 9.21. The predicted molar refractivity (Wildman–Crippen MR) is 105 cm³/mol. The highest BCUT2D eigenvalue weighted by Crippen LogP contribution is 2.75. The molecule has 4 bridgehead atoms. The summed E-state index contributed by atoms with van der Waals surface area (Å²) in [5.41, 5.74) is 0.579. The van der Waals surface area contributed by atoms with Gasteiger partial charge in [-0.25, -0.2) is 4.79 Å². The number of anilines is 1. The Morgan fingerprint density at radius 3 is 2.89 bits per heavy atom. The van der Waals surface area contributed by atoms with E-state index in [1.54, 1.807) is 6.92 Å². The highest BCUT2D eigenvalue weighted by atomic mass is 32.1. The van der Waals surface area contributed by atoms with E-state index in [0.717, 1.165) is 23.3 Å². The van der Waals surface area contributed by atoms with Crippen LogP contribution in [0.25, 0.3) is 0 Å². The Hall–Kier alpha value is -1.44. The molecule has 4 atom stereocenters. The maximum Gasteiger partial charge on any atom is 0.341 e. The zero-order chi connectivity index (χ0) is 19.7. The van der Waals surface area contributed by atoms with Crippen LogP contribution in [0.3, 0.4) is 0 Å². The van der Waals surface area contributed by atoms with Gasteiger partial charge in [-0.15, -0.1) is 11.3 Å². The second kappa shape index (κ2) is 6.03. The van der Waals surface area contributed by atoms with Gasteiger partial charge in [0.05, 0.1) is 32.0 Å². The number of nitrogens with one attached hydrogen (secondary N) is 1. The lowest BCUT2D eigenvalue weighted by molar-refractivity contribution is -0.149. The molecule has 3 heterocycles. The van der Waals surface area contributed by atoms with Gasteiger partial charge in [0.2, 0.25) is 0 Å². The number of thiophene rings is 1. The topological polar surface area (TPSA) is 73.9 Å². The molecule has 28 heavy (non-hydrogen) atoms. The van der Waals surface area contributed by atoms with Gasteiger partial charge >= 0.3 is 5.97 Å². The van der Waals surface area contributed by atoms with Gasteiger partial charge in [-0.3, -0.25) is 4.79 Å². The molecule has 5 rings (SSSR count). The summed E-state index contributed by atoms with van der Waals surface area (Å²) in [7, 11) is 0. The number of carbonyl (C=O) groups excluding carboxylic acids is 2. The van der Waals surface area contributed by atoms with Crippen LogP contribution in [0.15, 0.2) is 0 Å². The molecular weight excluding hydrogens is 378 g/mol. The van der Waals surface area contributed by atoms with Gasteiger partial charge in [0.1, 0.15) is 5.00 Å². The summed E-state index contributed by atoms with van der Waals surface area (Å²) in [6.07, 6.45) is 3.62. The Morgan fingerprint density at radius 1 is 1.36 bits per heavy atom. The highest BCUT2D eigenvalue weighted by Gasteiger charge is 2.78. The molecule has 152 valence electrons. The van der Waals surface area contributed by atoms with E-state index < -0.39 is 5.60 Å². The van der Waals surface area contributed by atoms with Crippen molar-refractivity contribution in [1.82, 2.24) is 0 Å². The Kier molecular flexibility index (Phi) is 4.00. The first-order chi connectivity index (χ1) is 13.4. The van der Waals surface area contributed by atoms with Gasteiger partial charge < -0.3 is 19.5 Å². The zero-order valence-electron chi connectivity index (χ0n) is 16.7. The van der Waals surface area contributed by atoms with Crippen molar-refractivity contribution in [3.63, 3.8) is 0 Å². The molecular formula is C21H27NO5S. The number of amides is 1. The average molecular weight is 406 g/mol. The summed E-state index contributed by atoms with van der Waals surface area (Å²) < 4.78 is 17.1. The summed E-state index contributed by atoms with van der Waals surface area (Å²) in [6.45, 7) is 8.28. The van der Waals surface area contributed by atoms with Crippen LogP contribution in [0.2, 0.25) is 0 Å². The van der Waals surface area contributed by atoms with Crippen molar-refractivity contribution in [2.75, 3.05) is 25.1 Å². The summed E-state index contributed by atoms with van der Waals surface area (Å²) in [6, 6.07) is 0. The van der Waals surface area contributed by atoms with Crippen LogP contribution in [0, 0.1) is 16.7 Å². The Morgan fingerprint density at radius 2 is 2.18 bits per heavy atom. The molecule has 4 aliphatic rings. The van der Waals surface area contributed by atoms with Gasteiger partial charge in [0.15, 0.2) is 5.60 Å². The fourth-order valence-electron chi connectivity index (χ4n) is 6.20. The number of fused-ring (bicyclic) bond motifs is 1. The van der Waals surface area contributed by atoms with Crippen LogP contribution in [-0.2, 0) is 32.0 Å². The largest absolute Gasteiger partial charge is 0.462 e. The lowest BCUT2D eigenvalue weighted by Crippen LogP contribution is -2.52. The molecule has 1 aromatic rings. The molecule has 1 amide bonds. The molecule has 0 spiro atoms. The maximum absolute atomic E-state index is 13.6. The number of esters is 1. The Balaban J connectivity index is 1.50. The lowest BCUT2D eigenvalue weighted by atomic mass is 9.66. The molecule has 1 aromatic heterocycles. The third-order valence-electron chi connectivity index (χ3n) is 8.09. The van der Waals surface area contributed by atoms with Gasteiger partial charge in [-0.2, -0.15) is 0 Å². The van der Waals surface area contributed by atoms with E-state index in [1.807, 2.05) is 0 Å². The predicted octanol–water partition coefficient (Wildman–Crippen LogP) is 3.53. The standard InChI is InChI=1S/C21H27NO5S/c1-4-26-17(23)15-13-6-8-25-10-14(13)28-16(15)22-18(24)21-9-12-5-7-20(21,3)19(12,2)11-27-21/h12H,4-11H2,1-3H3,(H,22,24)/t12-,19+,20?,21-/m1/s1. The fourth-order valence-corrected chi connectivity index (χ4v) is 7.37. The van der Waals surface area contributed by atoms with Crippen molar-refractivity contribution in [3.8, 4) is 0 Å². The highest BCUT2D eigenvalue weighted by molar-refractivity contribution is 7.17. The molecule has 7 heteroatoms. The minimum absolute atomic E-state index is 0.0663. The summed E-state index contributed by atoms with van der Waals surface area (Å²) >= 11 is 1.43. The normalized spacial score (nSPS) is 37.8. The van der Waals surface area contributed by atoms with Crippen LogP contribution in [0.5, 0.6) is 0 Å². The molecule has 3 fully saturated rings. The van der Waals surface area contributed by atoms with Gasteiger partial charge in [0.25, 0.3) is 5.91 Å². The molecule has 1 unspecified atom stereocenters. The number of rotatable bonds is 4. The smallest absolute Gasteiger partial charge is 0.341 e. The second-order valence-electron chi connectivity index (χ2n) is 8.99. The quantitative estimate of drug-likeness (QED) is 0.776. The molecule has 2 saturated carbocycles. The number of hydrogen-bond acceptors (Lipinski definition) is 6. The fraction of sp³-hybridized carbons (Fsp3) is 0.714. The maximum atomic E-state index is 13.6. The van der Waals surface area contributed by atoms with Crippen LogP contribution < -0.4 is 5.32 Å². The molecule has 2 aliphatic carbocycles. The number of hydrogen-bond donors (Lipinski definition) is 1. The van der Waals surface area contributed by atoms with E-state index >= 15 is 0 Å². The van der Waals surface area contributed by atoms with E-state index in [1.165, 1.54) is 17.8 Å². The molecule has 2 aliphatic heterocycles. The SMILES string of the molecule is CCOC(=O)c1c(NC(=O)[C@]23C[C@H]4CCC2(C)[C@@]4(C)CO3)sc2c1CCOC2. The average Bonchev–Trinajstić information content (AvgIpc) is 3.29. The monoisotopic (exact) mass is 405 g/mol. The van der Waals surface area contributed by atoms with Crippen LogP contribution in [0.4, 0.5) is 5.00 Å². The zero-order valence-corrected chi connectivity index (χ0v) is 17.5. The van der Waals surface area contributed by atoms with Crippen molar-refractivity contribution >= 4 is 28.2 Å². The number of carbonyl (C=O) groups is 2. The van der Waals surface area contributed by atoms with Crippen molar-refractivity contribution in [3.05, 3.63) is 16.0 Å². The van der Waals surface area contributed by atoms with Gasteiger partial charge in [0, 0.05) is 15.7 Å². The third kappa shape index (κ3) is 2.10. The van der Waals surface area contributed by atoms with Crippen LogP contribution >= 0.6 is 11.3 Å². The van der Waals surface area contributed by atoms with Crippen molar-refractivity contribution < 1.29 is 23.8 Å². The van der Waals surface area contributed by atoms with Crippen LogP contribution in [0.1, 0.15) is 60.8 Å². The van der Waals surface area contributed by atoms with Crippen molar-refractivity contribution in [2.45, 2.75) is 58.7 Å². The molecule has 1 saturated heterocycles. The van der Waals surface area contributed by atoms with E-state index in [-0.39, 0.29) is 22.7 Å². The minimum atomic E-state index is -0.794. The first kappa shape index (κ1) is 18.6. The van der Waals surface area contributed by atoms with E-state index in [0.29, 0.717) is 49.3 Å². The second-order valence-corrected chi connectivity index (χ2v) is 10.1. The van der Waals surface area contributed by atoms with E-state index in [4.69, 9.17) is 14.2 Å². The summed E-state index contributed by atoms with van der Waals surface area (Å²) in [5.74, 6) is 0.0588. The van der Waals surface area contributed by atoms with E-state index in [2.05, 4.69) is 19.2 Å². The van der Waals surface area contributed by atoms with Crippen molar-refractivity contribution in [2.24, 2.45) is 16.7 Å². The molecule has 6 nitrogen and oxygen atoms in total. The van der Waals surface area contributed by atoms with Gasteiger partial charge in [-0.1, -0.05) is 13.8 Å². The number of ether oxygens (including phenoxy) is 3. The molecule has 0 aromatic carbocycles. The Labute approximate surface area is 168 Å². The summed E-state index contributed by atoms with van der Waals surface area (Å²) in [4.78, 5) is 27.2. The first-order valence-corrected chi connectivity index (χ1v) is 11.0. The van der Waals surface area contributed by atoms with Crippen LogP contribution in [-0.4, -0.2) is 37.3 Å². The molecule has 0 radical (unpaired) electrons. The summed E-state index contributed by atoms with van der Waals surface area (Å²) in [5, 5.41) is 3.67. The van der Waals surface area contributed by atoms with E-state index in [9.17, 15) is 9.59 Å². The van der Waals surface area contributed by atoms with Gasteiger partial charge in [-0.05, 0) is 44.1 Å². The first-order valence-electron chi connectivity index (χ1n) is 10.2. The Bertz CT molecular complexity index is 865. The minimum Gasteiger partial charge on any atom is -0.462 e. The van der Waals surface area contributed by atoms with Crippen molar-refractivity contribution in [1.29, 1.82) is 0 Å². The molecule has 1 N–H and O–H groups in total.